The Bertz CT molecular complexity index is 168. The highest BCUT2D eigenvalue weighted by atomic mass is 19.4. The Labute approximate surface area is 80.4 Å². The van der Waals surface area contributed by atoms with Gasteiger partial charge < -0.3 is 15.2 Å². The number of hydrogen-bond donors (Lipinski definition) is 1. The Morgan fingerprint density at radius 2 is 2.21 bits per heavy atom. The van der Waals surface area contributed by atoms with Gasteiger partial charge >= 0.3 is 6.18 Å². The van der Waals surface area contributed by atoms with Gasteiger partial charge in [0, 0.05) is 18.6 Å². The molecule has 2 unspecified atom stereocenters. The van der Waals surface area contributed by atoms with Gasteiger partial charge in [0.1, 0.15) is 6.61 Å². The van der Waals surface area contributed by atoms with Crippen LogP contribution in [-0.4, -0.2) is 38.6 Å². The molecule has 1 fully saturated rings. The molecule has 0 bridgehead atoms. The largest absolute Gasteiger partial charge is 0.411 e. The van der Waals surface area contributed by atoms with Gasteiger partial charge in [0.05, 0.1) is 13.2 Å². The third kappa shape index (κ3) is 4.26. The lowest BCUT2D eigenvalue weighted by molar-refractivity contribution is -0.175. The molecule has 6 heteroatoms. The Hall–Kier alpha value is -0.330. The molecule has 0 amide bonds. The molecule has 3 nitrogen and oxygen atoms in total. The molecule has 0 spiro atoms. The second-order valence-corrected chi connectivity index (χ2v) is 3.42. The van der Waals surface area contributed by atoms with Gasteiger partial charge in [-0.05, 0) is 6.42 Å². The maximum Gasteiger partial charge on any atom is 0.411 e. The molecular formula is C8H14F3NO2. The van der Waals surface area contributed by atoms with Crippen molar-refractivity contribution < 1.29 is 22.6 Å². The Morgan fingerprint density at radius 1 is 1.50 bits per heavy atom. The molecule has 0 aromatic heterocycles. The average molecular weight is 213 g/mol. The molecule has 1 aliphatic rings. The molecule has 0 saturated carbocycles. The minimum atomic E-state index is -4.27. The highest BCUT2D eigenvalue weighted by Crippen LogP contribution is 2.17. The molecule has 84 valence electrons. The average Bonchev–Trinajstić information content (AvgIpc) is 2.53. The SMILES string of the molecule is NC(COCC(F)(F)F)C1CCOC1. The summed E-state index contributed by atoms with van der Waals surface area (Å²) in [6, 6.07) is -0.361. The van der Waals surface area contributed by atoms with E-state index >= 15 is 0 Å². The van der Waals surface area contributed by atoms with Gasteiger partial charge in [-0.15, -0.1) is 0 Å². The number of halogens is 3. The molecule has 1 heterocycles. The maximum atomic E-state index is 11.7. The molecule has 14 heavy (non-hydrogen) atoms. The first kappa shape index (κ1) is 11.7. The van der Waals surface area contributed by atoms with Gasteiger partial charge in [0.2, 0.25) is 0 Å². The van der Waals surface area contributed by atoms with Crippen molar-refractivity contribution in [1.29, 1.82) is 0 Å². The topological polar surface area (TPSA) is 44.5 Å². The lowest BCUT2D eigenvalue weighted by Crippen LogP contribution is -2.36. The highest BCUT2D eigenvalue weighted by Gasteiger charge is 2.29. The van der Waals surface area contributed by atoms with Crippen LogP contribution in [0.25, 0.3) is 0 Å². The third-order valence-electron chi connectivity index (χ3n) is 2.15. The van der Waals surface area contributed by atoms with E-state index in [1.165, 1.54) is 0 Å². The first-order valence-corrected chi connectivity index (χ1v) is 4.47. The van der Waals surface area contributed by atoms with Crippen molar-refractivity contribution >= 4 is 0 Å². The van der Waals surface area contributed by atoms with Gasteiger partial charge in [-0.1, -0.05) is 0 Å². The van der Waals surface area contributed by atoms with Gasteiger partial charge in [-0.3, -0.25) is 0 Å². The molecule has 2 N–H and O–H groups in total. The quantitative estimate of drug-likeness (QED) is 0.755. The molecule has 0 aliphatic carbocycles. The molecule has 1 saturated heterocycles. The zero-order chi connectivity index (χ0) is 10.6. The highest BCUT2D eigenvalue weighted by molar-refractivity contribution is 4.75. The van der Waals surface area contributed by atoms with Crippen LogP contribution in [0, 0.1) is 5.92 Å². The summed E-state index contributed by atoms with van der Waals surface area (Å²) < 4.78 is 44.6. The van der Waals surface area contributed by atoms with E-state index in [0.717, 1.165) is 6.42 Å². The van der Waals surface area contributed by atoms with Gasteiger partial charge in [0.25, 0.3) is 0 Å². The van der Waals surface area contributed by atoms with E-state index in [4.69, 9.17) is 10.5 Å². The Kier molecular flexibility index (Phi) is 4.15. The first-order valence-electron chi connectivity index (χ1n) is 4.47. The minimum absolute atomic E-state index is 0.0620. The van der Waals surface area contributed by atoms with Crippen LogP contribution in [0.5, 0.6) is 0 Å². The first-order chi connectivity index (χ1) is 6.49. The summed E-state index contributed by atoms with van der Waals surface area (Å²) in [6.45, 7) is -0.129. The van der Waals surface area contributed by atoms with Crippen LogP contribution in [0.15, 0.2) is 0 Å². The number of ether oxygens (including phenoxy) is 2. The Morgan fingerprint density at radius 3 is 2.71 bits per heavy atom. The van der Waals surface area contributed by atoms with Crippen molar-refractivity contribution in [2.45, 2.75) is 18.6 Å². The van der Waals surface area contributed by atoms with Crippen LogP contribution in [0.3, 0.4) is 0 Å². The zero-order valence-corrected chi connectivity index (χ0v) is 7.72. The fourth-order valence-electron chi connectivity index (χ4n) is 1.34. The predicted octanol–water partition coefficient (Wildman–Crippen LogP) is 0.929. The van der Waals surface area contributed by atoms with E-state index in [2.05, 4.69) is 4.74 Å². The maximum absolute atomic E-state index is 11.7. The number of hydrogen-bond acceptors (Lipinski definition) is 3. The van der Waals surface area contributed by atoms with Crippen molar-refractivity contribution in [3.63, 3.8) is 0 Å². The fraction of sp³-hybridized carbons (Fsp3) is 1.00. The van der Waals surface area contributed by atoms with E-state index in [1.54, 1.807) is 0 Å². The molecule has 0 aromatic carbocycles. The van der Waals surface area contributed by atoms with Crippen LogP contribution in [0.4, 0.5) is 13.2 Å². The van der Waals surface area contributed by atoms with Gasteiger partial charge in [-0.25, -0.2) is 0 Å². The van der Waals surface area contributed by atoms with E-state index in [0.29, 0.717) is 13.2 Å². The summed E-state index contributed by atoms with van der Waals surface area (Å²) in [6.07, 6.45) is -3.47. The summed E-state index contributed by atoms with van der Waals surface area (Å²) in [5.41, 5.74) is 5.64. The van der Waals surface area contributed by atoms with E-state index in [9.17, 15) is 13.2 Å². The molecular weight excluding hydrogens is 199 g/mol. The lowest BCUT2D eigenvalue weighted by atomic mass is 10.0. The Balaban J connectivity index is 2.11. The standard InChI is InChI=1S/C8H14F3NO2/c9-8(10,11)5-14-4-7(12)6-1-2-13-3-6/h6-7H,1-5,12H2. The molecule has 0 aromatic rings. The van der Waals surface area contributed by atoms with Gasteiger partial charge in [-0.2, -0.15) is 13.2 Å². The van der Waals surface area contributed by atoms with Gasteiger partial charge in [0.15, 0.2) is 0 Å². The van der Waals surface area contributed by atoms with E-state index in [1.807, 2.05) is 0 Å². The monoisotopic (exact) mass is 213 g/mol. The van der Waals surface area contributed by atoms with Crippen LogP contribution in [0.2, 0.25) is 0 Å². The summed E-state index contributed by atoms with van der Waals surface area (Å²) in [5, 5.41) is 0. The molecule has 0 radical (unpaired) electrons. The second-order valence-electron chi connectivity index (χ2n) is 3.42. The summed E-state index contributed by atoms with van der Waals surface area (Å²) in [7, 11) is 0. The summed E-state index contributed by atoms with van der Waals surface area (Å²) in [5.74, 6) is 0.128. The second kappa shape index (κ2) is 4.95. The van der Waals surface area contributed by atoms with E-state index in [-0.39, 0.29) is 18.6 Å². The van der Waals surface area contributed by atoms with Crippen LogP contribution in [-0.2, 0) is 9.47 Å². The van der Waals surface area contributed by atoms with Crippen molar-refractivity contribution in [2.24, 2.45) is 11.7 Å². The van der Waals surface area contributed by atoms with Crippen molar-refractivity contribution in [3.05, 3.63) is 0 Å². The summed E-state index contributed by atoms with van der Waals surface area (Å²) >= 11 is 0. The smallest absolute Gasteiger partial charge is 0.381 e. The number of nitrogens with two attached hydrogens (primary N) is 1. The fourth-order valence-corrected chi connectivity index (χ4v) is 1.34. The minimum Gasteiger partial charge on any atom is -0.381 e. The molecule has 2 atom stereocenters. The number of rotatable bonds is 4. The van der Waals surface area contributed by atoms with Crippen molar-refractivity contribution in [3.8, 4) is 0 Å². The third-order valence-corrected chi connectivity index (χ3v) is 2.15. The summed E-state index contributed by atoms with van der Waals surface area (Å²) in [4.78, 5) is 0. The van der Waals surface area contributed by atoms with E-state index < -0.39 is 12.8 Å². The number of alkyl halides is 3. The predicted molar refractivity (Wildman–Crippen MR) is 43.8 cm³/mol. The lowest BCUT2D eigenvalue weighted by Gasteiger charge is -2.17. The normalized spacial score (nSPS) is 25.3. The zero-order valence-electron chi connectivity index (χ0n) is 7.72. The molecule has 1 aliphatic heterocycles. The van der Waals surface area contributed by atoms with Crippen LogP contribution in [0.1, 0.15) is 6.42 Å². The van der Waals surface area contributed by atoms with Crippen LogP contribution >= 0.6 is 0 Å². The van der Waals surface area contributed by atoms with Crippen LogP contribution < -0.4 is 5.73 Å². The molecule has 1 rings (SSSR count). The van der Waals surface area contributed by atoms with Crippen molar-refractivity contribution in [2.75, 3.05) is 26.4 Å². The van der Waals surface area contributed by atoms with Crippen molar-refractivity contribution in [1.82, 2.24) is 0 Å².